The minimum absolute atomic E-state index is 0.0496. The second-order valence-electron chi connectivity index (χ2n) is 8.62. The van der Waals surface area contributed by atoms with E-state index in [0.29, 0.717) is 12.0 Å². The molecule has 1 aromatic carbocycles. The van der Waals surface area contributed by atoms with Crippen LogP contribution in [0, 0.1) is 5.92 Å². The van der Waals surface area contributed by atoms with Crippen LogP contribution in [0.15, 0.2) is 30.0 Å². The van der Waals surface area contributed by atoms with Crippen molar-refractivity contribution in [2.75, 3.05) is 7.05 Å². The normalized spacial score (nSPS) is 22.2. The van der Waals surface area contributed by atoms with Crippen molar-refractivity contribution in [3.05, 3.63) is 41.1 Å². The molecule has 2 heterocycles. The number of nitrogens with one attached hydrogen (secondary N) is 1. The van der Waals surface area contributed by atoms with Gasteiger partial charge in [0.05, 0.1) is 24.5 Å². The van der Waals surface area contributed by atoms with Crippen molar-refractivity contribution in [2.24, 2.45) is 5.92 Å². The van der Waals surface area contributed by atoms with Crippen LogP contribution in [-0.4, -0.2) is 55.3 Å². The Balaban J connectivity index is 1.89. The summed E-state index contributed by atoms with van der Waals surface area (Å²) in [6.07, 6.45) is 0.445. The molecule has 0 aromatic heterocycles. The quantitative estimate of drug-likeness (QED) is 0.525. The largest absolute Gasteiger partial charge is 0.477 e. The van der Waals surface area contributed by atoms with Crippen LogP contribution >= 0.6 is 0 Å². The van der Waals surface area contributed by atoms with Gasteiger partial charge >= 0.3 is 5.97 Å². The minimum Gasteiger partial charge on any atom is -0.477 e. The zero-order valence-electron chi connectivity index (χ0n) is 17.5. The molecule has 29 heavy (non-hydrogen) atoms. The van der Waals surface area contributed by atoms with Crippen molar-refractivity contribution in [3.63, 3.8) is 0 Å². The van der Waals surface area contributed by atoms with E-state index in [1.54, 1.807) is 7.05 Å². The van der Waals surface area contributed by atoms with Gasteiger partial charge in [0.25, 0.3) is 0 Å². The molecule has 2 aliphatic rings. The molecule has 3 atom stereocenters. The van der Waals surface area contributed by atoms with Crippen molar-refractivity contribution in [1.29, 1.82) is 0 Å². The molecule has 8 heteroatoms. The number of fused-ring (bicyclic) bond motifs is 1. The monoisotopic (exact) mass is 416 g/mol. The van der Waals surface area contributed by atoms with Crippen molar-refractivity contribution in [2.45, 2.75) is 51.6 Å². The summed E-state index contributed by atoms with van der Waals surface area (Å²) in [6, 6.07) is 7.12. The maximum atomic E-state index is 12.8. The molecule has 156 valence electrons. The Morgan fingerprint density at radius 2 is 2.03 bits per heavy atom. The Morgan fingerprint density at radius 3 is 2.62 bits per heavy atom. The lowest BCUT2D eigenvalue weighted by molar-refractivity contribution is -0.160. The maximum absolute atomic E-state index is 12.8. The highest BCUT2D eigenvalue weighted by molar-refractivity contribution is 6.69. The highest BCUT2D eigenvalue weighted by Crippen LogP contribution is 2.47. The van der Waals surface area contributed by atoms with Crippen LogP contribution < -0.4 is 5.32 Å². The molecule has 2 N–H and O–H groups in total. The van der Waals surface area contributed by atoms with E-state index in [2.05, 4.69) is 25.0 Å². The van der Waals surface area contributed by atoms with E-state index in [1.807, 2.05) is 31.2 Å². The van der Waals surface area contributed by atoms with E-state index in [9.17, 15) is 19.5 Å². The lowest BCUT2D eigenvalue weighted by Gasteiger charge is -2.47. The second-order valence-corrected chi connectivity index (χ2v) is 13.1. The minimum atomic E-state index is -1.82. The topological polar surface area (TPSA) is 95.9 Å². The predicted octanol–water partition coefficient (Wildman–Crippen LogP) is 2.24. The van der Waals surface area contributed by atoms with Gasteiger partial charge in [-0.05, 0) is 49.7 Å². The molecule has 7 nitrogen and oxygen atoms in total. The average molecular weight is 417 g/mol. The first-order valence-corrected chi connectivity index (χ1v) is 13.2. The number of likely N-dealkylation sites (N-methyl/N-ethyl adjacent to an activating group) is 1. The Morgan fingerprint density at radius 1 is 1.34 bits per heavy atom. The molecule has 0 spiro atoms. The third-order valence-corrected chi connectivity index (χ3v) is 6.45. The zero-order chi connectivity index (χ0) is 21.5. The van der Waals surface area contributed by atoms with Gasteiger partial charge in [0.15, 0.2) is 8.32 Å². The predicted molar refractivity (Wildman–Crippen MR) is 111 cm³/mol. The molecule has 0 unspecified atom stereocenters. The maximum Gasteiger partial charge on any atom is 0.352 e. The van der Waals surface area contributed by atoms with Gasteiger partial charge in [-0.3, -0.25) is 9.59 Å². The van der Waals surface area contributed by atoms with Gasteiger partial charge < -0.3 is 19.7 Å². The van der Waals surface area contributed by atoms with Crippen LogP contribution in [0.4, 0.5) is 0 Å². The van der Waals surface area contributed by atoms with Gasteiger partial charge in [0, 0.05) is 7.05 Å². The molecule has 2 aliphatic heterocycles. The number of carbonyl (C=O) groups is 3. The fourth-order valence-corrected chi connectivity index (χ4v) is 5.55. The summed E-state index contributed by atoms with van der Waals surface area (Å²) in [5, 5.41) is 12.4. The highest BCUT2D eigenvalue weighted by atomic mass is 28.4. The molecule has 0 aliphatic carbocycles. The Labute approximate surface area is 171 Å². The summed E-state index contributed by atoms with van der Waals surface area (Å²) in [6.45, 7) is 8.12. The molecule has 0 saturated carbocycles. The van der Waals surface area contributed by atoms with Gasteiger partial charge in [-0.2, -0.15) is 0 Å². The van der Waals surface area contributed by atoms with Gasteiger partial charge in [-0.25, -0.2) is 4.79 Å². The number of nitrogens with zero attached hydrogens (tertiary/aromatic N) is 1. The van der Waals surface area contributed by atoms with Crippen molar-refractivity contribution in [3.8, 4) is 0 Å². The van der Waals surface area contributed by atoms with E-state index in [-0.39, 0.29) is 42.0 Å². The summed E-state index contributed by atoms with van der Waals surface area (Å²) in [4.78, 5) is 37.9. The van der Waals surface area contributed by atoms with E-state index in [4.69, 9.17) is 4.43 Å². The molecular weight excluding hydrogens is 388 g/mol. The SMILES string of the molecule is CNC(=O)Cc1cccc(C2=C(C(=O)O)N3C(=O)[C@H]([C@@H](C)O[Si](C)(C)C)[C@H]3C2)c1. The fourth-order valence-electron chi connectivity index (χ4n) is 4.29. The summed E-state index contributed by atoms with van der Waals surface area (Å²) >= 11 is 0. The number of amides is 2. The van der Waals surface area contributed by atoms with Gasteiger partial charge in [-0.1, -0.05) is 24.3 Å². The van der Waals surface area contributed by atoms with E-state index in [0.717, 1.165) is 11.1 Å². The fraction of sp³-hybridized carbons (Fsp3) is 0.476. The first-order chi connectivity index (χ1) is 13.5. The van der Waals surface area contributed by atoms with E-state index >= 15 is 0 Å². The number of β-lactam (4-membered cyclic amide) rings is 1. The molecule has 1 aromatic rings. The van der Waals surface area contributed by atoms with Crippen LogP contribution in [0.1, 0.15) is 24.5 Å². The molecule has 0 radical (unpaired) electrons. The number of aliphatic carboxylic acids is 1. The standard InChI is InChI=1S/C21H28N2O5Si/c1-12(28-29(3,4)5)18-16-11-15(19(21(26)27)23(16)20(18)25)14-8-6-7-13(9-14)10-17(24)22-2/h6-9,12,16,18H,10-11H2,1-5H3,(H,22,24)(H,26,27)/t12-,16-,18-/m1/s1. The van der Waals surface area contributed by atoms with Crippen LogP contribution in [-0.2, 0) is 25.2 Å². The zero-order valence-corrected chi connectivity index (χ0v) is 18.5. The van der Waals surface area contributed by atoms with E-state index in [1.165, 1.54) is 4.90 Å². The first-order valence-electron chi connectivity index (χ1n) is 9.80. The van der Waals surface area contributed by atoms with Gasteiger partial charge in [0.2, 0.25) is 11.8 Å². The molecular formula is C21H28N2O5Si. The van der Waals surface area contributed by atoms with Crippen molar-refractivity contribution < 1.29 is 23.9 Å². The van der Waals surface area contributed by atoms with Gasteiger partial charge in [-0.15, -0.1) is 0 Å². The van der Waals surface area contributed by atoms with Crippen LogP contribution in [0.25, 0.3) is 5.57 Å². The summed E-state index contributed by atoms with van der Waals surface area (Å²) < 4.78 is 6.11. The summed E-state index contributed by atoms with van der Waals surface area (Å²) in [5.41, 5.74) is 2.22. The number of carbonyl (C=O) groups excluding carboxylic acids is 2. The number of carboxylic acids is 1. The Hall–Kier alpha value is -2.45. The lowest BCUT2D eigenvalue weighted by Crippen LogP contribution is -2.63. The second kappa shape index (κ2) is 7.76. The van der Waals surface area contributed by atoms with Crippen LogP contribution in [0.3, 0.4) is 0 Å². The lowest BCUT2D eigenvalue weighted by atomic mass is 9.82. The number of benzene rings is 1. The number of hydrogen-bond donors (Lipinski definition) is 2. The Bertz CT molecular complexity index is 889. The smallest absolute Gasteiger partial charge is 0.352 e. The van der Waals surface area contributed by atoms with Crippen molar-refractivity contribution in [1.82, 2.24) is 10.2 Å². The number of rotatable bonds is 7. The molecule has 2 amide bonds. The summed E-state index contributed by atoms with van der Waals surface area (Å²) in [5.74, 6) is -1.74. The van der Waals surface area contributed by atoms with Crippen LogP contribution in [0.5, 0.6) is 0 Å². The van der Waals surface area contributed by atoms with E-state index < -0.39 is 14.3 Å². The number of hydrogen-bond acceptors (Lipinski definition) is 4. The Kier molecular flexibility index (Phi) is 5.69. The molecule has 0 bridgehead atoms. The number of carboxylic acid groups (broad SMARTS) is 1. The third-order valence-electron chi connectivity index (χ3n) is 5.38. The molecule has 1 saturated heterocycles. The molecule has 1 fully saturated rings. The highest BCUT2D eigenvalue weighted by Gasteiger charge is 2.57. The molecule has 3 rings (SSSR count). The van der Waals surface area contributed by atoms with Crippen molar-refractivity contribution >= 4 is 31.7 Å². The average Bonchev–Trinajstić information content (AvgIpc) is 2.95. The summed E-state index contributed by atoms with van der Waals surface area (Å²) in [7, 11) is -0.246. The van der Waals surface area contributed by atoms with Gasteiger partial charge in [0.1, 0.15) is 5.70 Å². The van der Waals surface area contributed by atoms with Crippen LogP contribution in [0.2, 0.25) is 19.6 Å². The third kappa shape index (κ3) is 4.13. The first kappa shape index (κ1) is 21.3.